The largest absolute Gasteiger partial charge is 0.348 e. The summed E-state index contributed by atoms with van der Waals surface area (Å²) >= 11 is 0. The van der Waals surface area contributed by atoms with Crippen molar-refractivity contribution in [3.8, 4) is 0 Å². The van der Waals surface area contributed by atoms with Crippen molar-refractivity contribution in [1.82, 2.24) is 19.4 Å². The maximum Gasteiger partial charge on any atom is 0.246 e. The highest BCUT2D eigenvalue weighted by Crippen LogP contribution is 2.29. The molecule has 1 unspecified atom stereocenters. The number of amides is 1. The molecule has 8 heteroatoms. The molecule has 2 aromatic rings. The number of carbonyl (C=O) groups is 1. The molecular weight excluding hydrogens is 388 g/mol. The third-order valence-electron chi connectivity index (χ3n) is 5.62. The zero-order valence-corrected chi connectivity index (χ0v) is 18.4. The fraction of sp³-hybridized carbons (Fsp3) is 0.524. The molecule has 1 aromatic heterocycles. The Hall–Kier alpha value is -2.19. The lowest BCUT2D eigenvalue weighted by Gasteiger charge is -2.26. The summed E-state index contributed by atoms with van der Waals surface area (Å²) in [6.07, 6.45) is 2.97. The number of aryl methyl sites for hydroxylation is 2. The van der Waals surface area contributed by atoms with E-state index in [0.29, 0.717) is 24.5 Å². The SMILES string of the molecule is CCN(CC)S(=O)(=O)c1c(C)nn(CC(=O)NC2CCCc3ccccc32)c1C. The van der Waals surface area contributed by atoms with Gasteiger partial charge in [-0.25, -0.2) is 8.42 Å². The molecule has 1 aliphatic rings. The van der Waals surface area contributed by atoms with E-state index in [2.05, 4.69) is 22.5 Å². The summed E-state index contributed by atoms with van der Waals surface area (Å²) in [5.41, 5.74) is 3.37. The van der Waals surface area contributed by atoms with Gasteiger partial charge in [-0.2, -0.15) is 9.40 Å². The summed E-state index contributed by atoms with van der Waals surface area (Å²) in [6, 6.07) is 8.19. The van der Waals surface area contributed by atoms with Gasteiger partial charge < -0.3 is 5.32 Å². The second kappa shape index (κ2) is 8.67. The molecule has 0 bridgehead atoms. The van der Waals surface area contributed by atoms with Crippen LogP contribution in [0.4, 0.5) is 0 Å². The molecule has 1 amide bonds. The summed E-state index contributed by atoms with van der Waals surface area (Å²) in [5.74, 6) is -0.163. The van der Waals surface area contributed by atoms with Crippen LogP contribution in [-0.2, 0) is 27.8 Å². The van der Waals surface area contributed by atoms with E-state index in [1.807, 2.05) is 26.0 Å². The van der Waals surface area contributed by atoms with Gasteiger partial charge in [0.05, 0.1) is 17.4 Å². The minimum atomic E-state index is -3.63. The zero-order valence-electron chi connectivity index (χ0n) is 17.6. The Bertz CT molecular complexity index is 993. The molecule has 1 N–H and O–H groups in total. The van der Waals surface area contributed by atoms with Crippen LogP contribution in [0.2, 0.25) is 0 Å². The number of fused-ring (bicyclic) bond motifs is 1. The van der Waals surface area contributed by atoms with E-state index in [1.54, 1.807) is 13.8 Å². The Kier molecular flexibility index (Phi) is 6.43. The maximum atomic E-state index is 13.0. The Morgan fingerprint density at radius 1 is 1.24 bits per heavy atom. The van der Waals surface area contributed by atoms with Gasteiger partial charge >= 0.3 is 0 Å². The highest BCUT2D eigenvalue weighted by molar-refractivity contribution is 7.89. The third-order valence-corrected chi connectivity index (χ3v) is 7.92. The van der Waals surface area contributed by atoms with Gasteiger partial charge in [-0.3, -0.25) is 9.48 Å². The molecule has 3 rings (SSSR count). The van der Waals surface area contributed by atoms with Crippen molar-refractivity contribution in [3.05, 3.63) is 46.8 Å². The smallest absolute Gasteiger partial charge is 0.246 e. The predicted molar refractivity (Wildman–Crippen MR) is 112 cm³/mol. The Labute approximate surface area is 173 Å². The zero-order chi connectivity index (χ0) is 21.2. The summed E-state index contributed by atoms with van der Waals surface area (Å²) < 4.78 is 28.8. The van der Waals surface area contributed by atoms with E-state index in [0.717, 1.165) is 19.3 Å². The number of benzene rings is 1. The molecule has 1 aliphatic carbocycles. The predicted octanol–water partition coefficient (Wildman–Crippen LogP) is 2.72. The average molecular weight is 419 g/mol. The molecule has 0 radical (unpaired) electrons. The van der Waals surface area contributed by atoms with Crippen LogP contribution in [0, 0.1) is 13.8 Å². The van der Waals surface area contributed by atoms with E-state index in [4.69, 9.17) is 0 Å². The number of sulfonamides is 1. The maximum absolute atomic E-state index is 13.0. The molecule has 29 heavy (non-hydrogen) atoms. The fourth-order valence-electron chi connectivity index (χ4n) is 4.18. The van der Waals surface area contributed by atoms with Gasteiger partial charge in [0, 0.05) is 13.1 Å². The van der Waals surface area contributed by atoms with Crippen LogP contribution < -0.4 is 5.32 Å². The molecule has 7 nitrogen and oxygen atoms in total. The first kappa shape index (κ1) is 21.5. The molecule has 158 valence electrons. The standard InChI is InChI=1S/C21H30N4O3S/c1-5-24(6-2)29(27,28)21-15(3)23-25(16(21)4)14-20(26)22-19-13-9-11-17-10-7-8-12-18(17)19/h7-8,10,12,19H,5-6,9,11,13-14H2,1-4H3,(H,22,26). The van der Waals surface area contributed by atoms with Gasteiger partial charge in [-0.1, -0.05) is 38.1 Å². The summed E-state index contributed by atoms with van der Waals surface area (Å²) in [7, 11) is -3.63. The molecule has 1 aromatic carbocycles. The lowest BCUT2D eigenvalue weighted by molar-refractivity contribution is -0.122. The third kappa shape index (κ3) is 4.23. The minimum absolute atomic E-state index is 0.000883. The normalized spacial score (nSPS) is 16.7. The average Bonchev–Trinajstić information content (AvgIpc) is 2.96. The van der Waals surface area contributed by atoms with Crippen LogP contribution >= 0.6 is 0 Å². The van der Waals surface area contributed by atoms with E-state index in [1.165, 1.54) is 20.1 Å². The first-order valence-corrected chi connectivity index (χ1v) is 11.6. The number of hydrogen-bond donors (Lipinski definition) is 1. The Balaban J connectivity index is 1.79. The van der Waals surface area contributed by atoms with E-state index in [-0.39, 0.29) is 23.4 Å². The number of hydrogen-bond acceptors (Lipinski definition) is 4. The van der Waals surface area contributed by atoms with Gasteiger partial charge in [0.2, 0.25) is 15.9 Å². The van der Waals surface area contributed by atoms with Crippen LogP contribution in [0.25, 0.3) is 0 Å². The molecule has 1 heterocycles. The highest BCUT2D eigenvalue weighted by Gasteiger charge is 2.30. The molecule has 0 aliphatic heterocycles. The molecule has 0 fully saturated rings. The van der Waals surface area contributed by atoms with Crippen molar-refractivity contribution in [2.75, 3.05) is 13.1 Å². The number of nitrogens with one attached hydrogen (secondary N) is 1. The summed E-state index contributed by atoms with van der Waals surface area (Å²) in [4.78, 5) is 12.9. The van der Waals surface area contributed by atoms with Gasteiger partial charge in [-0.15, -0.1) is 0 Å². The van der Waals surface area contributed by atoms with Crippen molar-refractivity contribution < 1.29 is 13.2 Å². The van der Waals surface area contributed by atoms with Gasteiger partial charge in [0.15, 0.2) is 0 Å². The van der Waals surface area contributed by atoms with E-state index >= 15 is 0 Å². The highest BCUT2D eigenvalue weighted by atomic mass is 32.2. The van der Waals surface area contributed by atoms with Crippen molar-refractivity contribution in [2.24, 2.45) is 0 Å². The molecular formula is C21H30N4O3S. The molecule has 0 spiro atoms. The summed E-state index contributed by atoms with van der Waals surface area (Å²) in [5, 5.41) is 7.46. The van der Waals surface area contributed by atoms with Crippen molar-refractivity contribution in [1.29, 1.82) is 0 Å². The minimum Gasteiger partial charge on any atom is -0.348 e. The van der Waals surface area contributed by atoms with Crippen LogP contribution in [0.5, 0.6) is 0 Å². The monoisotopic (exact) mass is 418 g/mol. The quantitative estimate of drug-likeness (QED) is 0.749. The Morgan fingerprint density at radius 3 is 2.62 bits per heavy atom. The summed E-state index contributed by atoms with van der Waals surface area (Å²) in [6.45, 7) is 7.79. The molecule has 0 saturated heterocycles. The van der Waals surface area contributed by atoms with Crippen LogP contribution in [0.1, 0.15) is 55.2 Å². The van der Waals surface area contributed by atoms with Crippen molar-refractivity contribution >= 4 is 15.9 Å². The number of carbonyl (C=O) groups excluding carboxylic acids is 1. The number of rotatable bonds is 7. The lowest BCUT2D eigenvalue weighted by atomic mass is 9.88. The van der Waals surface area contributed by atoms with Crippen molar-refractivity contribution in [3.63, 3.8) is 0 Å². The fourth-order valence-corrected chi connectivity index (χ4v) is 6.01. The first-order valence-electron chi connectivity index (χ1n) is 10.2. The number of nitrogens with zero attached hydrogens (tertiary/aromatic N) is 3. The van der Waals surface area contributed by atoms with E-state index < -0.39 is 10.0 Å². The van der Waals surface area contributed by atoms with Gasteiger partial charge in [0.1, 0.15) is 11.4 Å². The van der Waals surface area contributed by atoms with Crippen LogP contribution in [-0.4, -0.2) is 41.5 Å². The topological polar surface area (TPSA) is 84.3 Å². The second-order valence-electron chi connectivity index (χ2n) is 7.46. The Morgan fingerprint density at radius 2 is 1.93 bits per heavy atom. The number of aromatic nitrogens is 2. The lowest BCUT2D eigenvalue weighted by Crippen LogP contribution is -2.34. The second-order valence-corrected chi connectivity index (χ2v) is 9.33. The van der Waals surface area contributed by atoms with Gasteiger partial charge in [0.25, 0.3) is 0 Å². The molecule has 0 saturated carbocycles. The molecule has 1 atom stereocenters. The van der Waals surface area contributed by atoms with Crippen LogP contribution in [0.15, 0.2) is 29.2 Å². The van der Waals surface area contributed by atoms with Crippen molar-refractivity contribution in [2.45, 2.75) is 64.4 Å². The van der Waals surface area contributed by atoms with Gasteiger partial charge in [-0.05, 0) is 44.2 Å². The van der Waals surface area contributed by atoms with E-state index in [9.17, 15) is 13.2 Å². The first-order chi connectivity index (χ1) is 13.8. The van der Waals surface area contributed by atoms with Crippen LogP contribution in [0.3, 0.4) is 0 Å².